The van der Waals surface area contributed by atoms with E-state index in [0.717, 1.165) is 28.6 Å². The maximum atomic E-state index is 6.05. The van der Waals surface area contributed by atoms with Crippen LogP contribution >= 0.6 is 15.9 Å². The van der Waals surface area contributed by atoms with Crippen molar-refractivity contribution in [1.82, 2.24) is 5.32 Å². The molecular weight excluding hydrogens is 326 g/mol. The molecule has 0 spiro atoms. The van der Waals surface area contributed by atoms with Gasteiger partial charge in [0.05, 0.1) is 4.47 Å². The Morgan fingerprint density at radius 1 is 1.14 bits per heavy atom. The van der Waals surface area contributed by atoms with Gasteiger partial charge >= 0.3 is 0 Å². The molecule has 0 bridgehead atoms. The lowest BCUT2D eigenvalue weighted by atomic mass is 10.1. The lowest BCUT2D eigenvalue weighted by Crippen LogP contribution is -2.15. The van der Waals surface area contributed by atoms with Crippen molar-refractivity contribution in [3.05, 3.63) is 57.6 Å². The van der Waals surface area contributed by atoms with Crippen molar-refractivity contribution < 1.29 is 4.74 Å². The van der Waals surface area contributed by atoms with Crippen LogP contribution in [0.1, 0.15) is 29.5 Å². The van der Waals surface area contributed by atoms with Crippen molar-refractivity contribution in [2.45, 2.75) is 39.3 Å². The smallest absolute Gasteiger partial charge is 0.141 e. The summed E-state index contributed by atoms with van der Waals surface area (Å²) in [5.74, 6) is 1.78. The van der Waals surface area contributed by atoms with Crippen LogP contribution in [0.25, 0.3) is 0 Å². The van der Waals surface area contributed by atoms with E-state index in [9.17, 15) is 0 Å². The topological polar surface area (TPSA) is 21.3 Å². The predicted molar refractivity (Wildman–Crippen MR) is 90.0 cm³/mol. The molecule has 21 heavy (non-hydrogen) atoms. The number of benzene rings is 2. The number of nitrogens with one attached hydrogen (secondary N) is 1. The highest BCUT2D eigenvalue weighted by Gasteiger charge is 2.20. The number of halogens is 1. The van der Waals surface area contributed by atoms with Gasteiger partial charge in [0.1, 0.15) is 11.5 Å². The van der Waals surface area contributed by atoms with Gasteiger partial charge in [-0.15, -0.1) is 0 Å². The molecule has 2 aromatic carbocycles. The maximum Gasteiger partial charge on any atom is 0.141 e. The monoisotopic (exact) mass is 345 g/mol. The van der Waals surface area contributed by atoms with E-state index in [-0.39, 0.29) is 0 Å². The van der Waals surface area contributed by atoms with E-state index in [2.05, 4.69) is 53.3 Å². The van der Waals surface area contributed by atoms with Crippen molar-refractivity contribution in [3.63, 3.8) is 0 Å². The first kappa shape index (κ1) is 14.6. The molecule has 3 rings (SSSR count). The van der Waals surface area contributed by atoms with Crippen LogP contribution in [0.2, 0.25) is 0 Å². The summed E-state index contributed by atoms with van der Waals surface area (Å²) in [7, 11) is 0. The minimum Gasteiger partial charge on any atom is -0.456 e. The van der Waals surface area contributed by atoms with Gasteiger partial charge in [0.25, 0.3) is 0 Å². The average molecular weight is 346 g/mol. The van der Waals surface area contributed by atoms with E-state index < -0.39 is 0 Å². The fraction of sp³-hybridized carbons (Fsp3) is 0.333. The zero-order valence-corrected chi connectivity index (χ0v) is 14.0. The molecule has 1 saturated carbocycles. The van der Waals surface area contributed by atoms with Crippen molar-refractivity contribution >= 4 is 15.9 Å². The number of hydrogen-bond donors (Lipinski definition) is 1. The van der Waals surface area contributed by atoms with E-state index in [0.29, 0.717) is 0 Å². The second kappa shape index (κ2) is 6.20. The molecule has 0 aromatic heterocycles. The van der Waals surface area contributed by atoms with Gasteiger partial charge in [0.15, 0.2) is 0 Å². The molecule has 1 fully saturated rings. The second-order valence-corrected chi connectivity index (χ2v) is 6.57. The molecular formula is C18H20BrNO. The first-order valence-electron chi connectivity index (χ1n) is 7.39. The molecule has 110 valence electrons. The normalized spacial score (nSPS) is 14.2. The largest absolute Gasteiger partial charge is 0.456 e. The van der Waals surface area contributed by atoms with Crippen LogP contribution in [0.5, 0.6) is 11.5 Å². The second-order valence-electron chi connectivity index (χ2n) is 5.72. The van der Waals surface area contributed by atoms with Crippen molar-refractivity contribution in [2.75, 3.05) is 0 Å². The molecule has 0 saturated heterocycles. The minimum absolute atomic E-state index is 0.731. The SMILES string of the molecule is Cc1cccc(Oc2ccc(CNC3CC3)cc2Br)c1C. The van der Waals surface area contributed by atoms with Gasteiger partial charge in [-0.1, -0.05) is 18.2 Å². The number of aryl methyl sites for hydroxylation is 1. The Morgan fingerprint density at radius 3 is 2.67 bits per heavy atom. The van der Waals surface area contributed by atoms with Gasteiger partial charge in [-0.25, -0.2) is 0 Å². The van der Waals surface area contributed by atoms with Crippen LogP contribution in [-0.4, -0.2) is 6.04 Å². The third-order valence-corrected chi connectivity index (χ3v) is 4.56. The van der Waals surface area contributed by atoms with Crippen LogP contribution in [0.15, 0.2) is 40.9 Å². The Balaban J connectivity index is 1.74. The molecule has 2 aromatic rings. The summed E-state index contributed by atoms with van der Waals surface area (Å²) in [6.07, 6.45) is 2.63. The van der Waals surface area contributed by atoms with Crippen LogP contribution < -0.4 is 10.1 Å². The Labute approximate surface area is 134 Å². The molecule has 0 radical (unpaired) electrons. The molecule has 0 heterocycles. The van der Waals surface area contributed by atoms with E-state index in [1.807, 2.05) is 18.2 Å². The summed E-state index contributed by atoms with van der Waals surface area (Å²) >= 11 is 3.62. The summed E-state index contributed by atoms with van der Waals surface area (Å²) < 4.78 is 7.05. The van der Waals surface area contributed by atoms with Crippen LogP contribution in [0.4, 0.5) is 0 Å². The van der Waals surface area contributed by atoms with Crippen molar-refractivity contribution in [3.8, 4) is 11.5 Å². The first-order chi connectivity index (χ1) is 10.1. The van der Waals surface area contributed by atoms with Gasteiger partial charge < -0.3 is 10.1 Å². The quantitative estimate of drug-likeness (QED) is 0.812. The van der Waals surface area contributed by atoms with E-state index in [1.165, 1.54) is 29.5 Å². The Kier molecular flexibility index (Phi) is 4.32. The number of ether oxygens (including phenoxy) is 1. The fourth-order valence-electron chi connectivity index (χ4n) is 2.24. The molecule has 0 aliphatic heterocycles. The van der Waals surface area contributed by atoms with Gasteiger partial charge in [-0.3, -0.25) is 0 Å². The maximum absolute atomic E-state index is 6.05. The van der Waals surface area contributed by atoms with E-state index in [1.54, 1.807) is 0 Å². The molecule has 0 atom stereocenters. The van der Waals surface area contributed by atoms with E-state index in [4.69, 9.17) is 4.74 Å². The van der Waals surface area contributed by atoms with Crippen molar-refractivity contribution in [2.24, 2.45) is 0 Å². The van der Waals surface area contributed by atoms with Gasteiger partial charge in [0.2, 0.25) is 0 Å². The molecule has 0 unspecified atom stereocenters. The molecule has 0 amide bonds. The fourth-order valence-corrected chi connectivity index (χ4v) is 2.75. The highest BCUT2D eigenvalue weighted by molar-refractivity contribution is 9.10. The Hall–Kier alpha value is -1.32. The van der Waals surface area contributed by atoms with Crippen LogP contribution in [0.3, 0.4) is 0 Å². The number of rotatable bonds is 5. The van der Waals surface area contributed by atoms with Gasteiger partial charge in [-0.05, 0) is 77.5 Å². The summed E-state index contributed by atoms with van der Waals surface area (Å²) in [4.78, 5) is 0. The van der Waals surface area contributed by atoms with Crippen LogP contribution in [0, 0.1) is 13.8 Å². The van der Waals surface area contributed by atoms with Crippen molar-refractivity contribution in [1.29, 1.82) is 0 Å². The molecule has 3 heteroatoms. The summed E-state index contributed by atoms with van der Waals surface area (Å²) in [6, 6.07) is 13.2. The van der Waals surface area contributed by atoms with Gasteiger partial charge in [-0.2, -0.15) is 0 Å². The third-order valence-electron chi connectivity index (χ3n) is 3.94. The standard InChI is InChI=1S/C18H20BrNO/c1-12-4-3-5-17(13(12)2)21-18-9-6-14(10-16(18)19)11-20-15-7-8-15/h3-6,9-10,15,20H,7-8,11H2,1-2H3. The lowest BCUT2D eigenvalue weighted by Gasteiger charge is -2.13. The highest BCUT2D eigenvalue weighted by atomic mass is 79.9. The Morgan fingerprint density at radius 2 is 1.95 bits per heavy atom. The molecule has 1 aliphatic rings. The zero-order valence-electron chi connectivity index (χ0n) is 12.4. The predicted octanol–water partition coefficient (Wildman–Crippen LogP) is 5.11. The highest BCUT2D eigenvalue weighted by Crippen LogP contribution is 2.33. The van der Waals surface area contributed by atoms with Crippen LogP contribution in [-0.2, 0) is 6.54 Å². The van der Waals surface area contributed by atoms with E-state index >= 15 is 0 Å². The lowest BCUT2D eigenvalue weighted by molar-refractivity contribution is 0.475. The zero-order chi connectivity index (χ0) is 14.8. The summed E-state index contributed by atoms with van der Waals surface area (Å²) in [5, 5.41) is 3.52. The Bertz CT molecular complexity index is 650. The summed E-state index contributed by atoms with van der Waals surface area (Å²) in [6.45, 7) is 5.11. The summed E-state index contributed by atoms with van der Waals surface area (Å²) in [5.41, 5.74) is 3.71. The first-order valence-corrected chi connectivity index (χ1v) is 8.18. The van der Waals surface area contributed by atoms with Gasteiger partial charge in [0, 0.05) is 12.6 Å². The number of hydrogen-bond acceptors (Lipinski definition) is 2. The molecule has 1 N–H and O–H groups in total. The molecule has 2 nitrogen and oxygen atoms in total. The molecule has 1 aliphatic carbocycles. The third kappa shape index (κ3) is 3.66. The minimum atomic E-state index is 0.731. The average Bonchev–Trinajstić information content (AvgIpc) is 3.28.